The van der Waals surface area contributed by atoms with Gasteiger partial charge in [0.1, 0.15) is 13.1 Å². The van der Waals surface area contributed by atoms with E-state index in [0.29, 0.717) is 13.8 Å². The SMILES string of the molecule is CC(CNCC(C)([N+](=O)[O-])[N+](=O)[O-])([N+](=O)[O-])[N+](=O)[O-]. The van der Waals surface area contributed by atoms with Gasteiger partial charge in [-0.3, -0.25) is 45.8 Å². The lowest BCUT2D eigenvalue weighted by Crippen LogP contribution is -2.56. The molecule has 0 unspecified atom stereocenters. The third-order valence-corrected chi connectivity index (χ3v) is 2.49. The van der Waals surface area contributed by atoms with Crippen molar-refractivity contribution in [3.63, 3.8) is 0 Å². The second kappa shape index (κ2) is 5.47. The van der Waals surface area contributed by atoms with Crippen LogP contribution in [-0.4, -0.2) is 44.1 Å². The molecule has 0 aliphatic rings. The van der Waals surface area contributed by atoms with Gasteiger partial charge < -0.3 is 0 Å². The molecule has 13 nitrogen and oxygen atoms in total. The molecule has 0 spiro atoms. The summed E-state index contributed by atoms with van der Waals surface area (Å²) in [5.41, 5.74) is -5.23. The van der Waals surface area contributed by atoms with Crippen LogP contribution in [0.2, 0.25) is 0 Å². The Morgan fingerprint density at radius 1 is 0.737 bits per heavy atom. The van der Waals surface area contributed by atoms with Crippen LogP contribution < -0.4 is 5.32 Å². The molecule has 19 heavy (non-hydrogen) atoms. The number of nitro groups is 4. The first-order chi connectivity index (χ1) is 8.48. The van der Waals surface area contributed by atoms with E-state index < -0.39 is 44.1 Å². The molecule has 0 saturated heterocycles. The molecule has 0 aliphatic heterocycles. The van der Waals surface area contributed by atoms with Gasteiger partial charge >= 0.3 is 11.3 Å². The highest BCUT2D eigenvalue weighted by atomic mass is 16.7. The third kappa shape index (κ3) is 3.27. The van der Waals surface area contributed by atoms with Crippen LogP contribution in [0.3, 0.4) is 0 Å². The summed E-state index contributed by atoms with van der Waals surface area (Å²) >= 11 is 0. The summed E-state index contributed by atoms with van der Waals surface area (Å²) in [7, 11) is 0. The van der Waals surface area contributed by atoms with Gasteiger partial charge in [-0.2, -0.15) is 0 Å². The Balaban J connectivity index is 4.84. The summed E-state index contributed by atoms with van der Waals surface area (Å²) in [6.07, 6.45) is 0. The minimum absolute atomic E-state index is 0.690. The van der Waals surface area contributed by atoms with E-state index in [-0.39, 0.29) is 0 Å². The van der Waals surface area contributed by atoms with E-state index in [0.717, 1.165) is 0 Å². The van der Waals surface area contributed by atoms with Gasteiger partial charge in [-0.05, 0) is 0 Å². The van der Waals surface area contributed by atoms with Crippen LogP contribution in [0.1, 0.15) is 13.8 Å². The Morgan fingerprint density at radius 3 is 1.11 bits per heavy atom. The molecule has 0 fully saturated rings. The average molecular weight is 281 g/mol. The topological polar surface area (TPSA) is 185 Å². The Bertz CT molecular complexity index is 356. The van der Waals surface area contributed by atoms with Crippen molar-refractivity contribution < 1.29 is 19.7 Å². The van der Waals surface area contributed by atoms with E-state index in [1.165, 1.54) is 0 Å². The van der Waals surface area contributed by atoms with Gasteiger partial charge in [0.25, 0.3) is 0 Å². The molecule has 0 saturated carbocycles. The van der Waals surface area contributed by atoms with Crippen LogP contribution in [0.15, 0.2) is 0 Å². The molecule has 0 rings (SSSR count). The van der Waals surface area contributed by atoms with Gasteiger partial charge in [-0.25, -0.2) is 0 Å². The normalized spacial score (nSPS) is 11.9. The molecule has 0 atom stereocenters. The fourth-order valence-electron chi connectivity index (χ4n) is 0.928. The molecule has 0 aromatic heterocycles. The second-order valence-corrected chi connectivity index (χ2v) is 4.07. The molecule has 108 valence electrons. The molecule has 0 aliphatic carbocycles. The number of hydrogen-bond donors (Lipinski definition) is 1. The third-order valence-electron chi connectivity index (χ3n) is 2.49. The highest BCUT2D eigenvalue weighted by Gasteiger charge is 2.54. The van der Waals surface area contributed by atoms with E-state index in [1.807, 2.05) is 5.32 Å². The van der Waals surface area contributed by atoms with Gasteiger partial charge in [0, 0.05) is 0 Å². The molecule has 0 aromatic carbocycles. The Morgan fingerprint density at radius 2 is 0.947 bits per heavy atom. The average Bonchev–Trinajstić information content (AvgIpc) is 2.27. The maximum absolute atomic E-state index is 10.5. The number of rotatable bonds is 8. The number of nitrogens with zero attached hydrogens (tertiary/aromatic N) is 4. The predicted octanol–water partition coefficient (Wildman–Crippen LogP) is -0.885. The van der Waals surface area contributed by atoms with E-state index in [2.05, 4.69) is 0 Å². The smallest absolute Gasteiger partial charge is 0.291 e. The Labute approximate surface area is 105 Å². The summed E-state index contributed by atoms with van der Waals surface area (Å²) in [5, 5.41) is 44.2. The van der Waals surface area contributed by atoms with Crippen molar-refractivity contribution in [2.24, 2.45) is 0 Å². The van der Waals surface area contributed by atoms with E-state index in [4.69, 9.17) is 0 Å². The lowest BCUT2D eigenvalue weighted by molar-refractivity contribution is -0.794. The van der Waals surface area contributed by atoms with Crippen LogP contribution in [0.5, 0.6) is 0 Å². The maximum atomic E-state index is 10.5. The van der Waals surface area contributed by atoms with Gasteiger partial charge in [-0.1, -0.05) is 0 Å². The van der Waals surface area contributed by atoms with Gasteiger partial charge in [0.05, 0.1) is 33.5 Å². The Kier molecular flexibility index (Phi) is 4.77. The van der Waals surface area contributed by atoms with Crippen LogP contribution in [0.4, 0.5) is 0 Å². The van der Waals surface area contributed by atoms with Crippen LogP contribution in [0.25, 0.3) is 0 Å². The fourth-order valence-corrected chi connectivity index (χ4v) is 0.928. The molecule has 13 heteroatoms. The van der Waals surface area contributed by atoms with Crippen molar-refractivity contribution in [2.45, 2.75) is 25.2 Å². The molecule has 1 N–H and O–H groups in total. The summed E-state index contributed by atoms with van der Waals surface area (Å²) in [4.78, 5) is 37.4. The zero-order chi connectivity index (χ0) is 15.4. The van der Waals surface area contributed by atoms with Gasteiger partial charge in [-0.15, -0.1) is 0 Å². The van der Waals surface area contributed by atoms with Crippen molar-refractivity contribution in [1.29, 1.82) is 0 Å². The van der Waals surface area contributed by atoms with Crippen molar-refractivity contribution in [3.8, 4) is 0 Å². The van der Waals surface area contributed by atoms with Gasteiger partial charge in [0.15, 0.2) is 0 Å². The second-order valence-electron chi connectivity index (χ2n) is 4.07. The van der Waals surface area contributed by atoms with Crippen LogP contribution in [-0.2, 0) is 0 Å². The summed E-state index contributed by atoms with van der Waals surface area (Å²) in [6, 6.07) is 0. The molecule has 0 amide bonds. The highest BCUT2D eigenvalue weighted by Crippen LogP contribution is 2.11. The fraction of sp³-hybridized carbons (Fsp3) is 1.00. The molecule has 0 aromatic rings. The minimum Gasteiger partial charge on any atom is -0.291 e. The first-order valence-corrected chi connectivity index (χ1v) is 4.77. The van der Waals surface area contributed by atoms with Gasteiger partial charge in [0.2, 0.25) is 0 Å². The van der Waals surface area contributed by atoms with Crippen molar-refractivity contribution in [1.82, 2.24) is 5.32 Å². The van der Waals surface area contributed by atoms with Crippen LogP contribution in [0, 0.1) is 40.5 Å². The number of hydrogen-bond acceptors (Lipinski definition) is 9. The quantitative estimate of drug-likeness (QED) is 0.334. The zero-order valence-corrected chi connectivity index (χ0v) is 9.97. The van der Waals surface area contributed by atoms with E-state index in [9.17, 15) is 40.5 Å². The maximum Gasteiger partial charge on any atom is 0.467 e. The Hall–Kier alpha value is -2.44. The summed E-state index contributed by atoms with van der Waals surface area (Å²) in [6.45, 7) is -0.389. The largest absolute Gasteiger partial charge is 0.467 e. The lowest BCUT2D eigenvalue weighted by atomic mass is 10.2. The molecule has 0 heterocycles. The zero-order valence-electron chi connectivity index (χ0n) is 9.97. The predicted molar refractivity (Wildman–Crippen MR) is 57.7 cm³/mol. The van der Waals surface area contributed by atoms with Crippen LogP contribution >= 0.6 is 0 Å². The first-order valence-electron chi connectivity index (χ1n) is 4.77. The summed E-state index contributed by atoms with van der Waals surface area (Å²) in [5.74, 6) is 0. The summed E-state index contributed by atoms with van der Waals surface area (Å²) < 4.78 is 0. The molecule has 0 radical (unpaired) electrons. The lowest BCUT2D eigenvalue weighted by Gasteiger charge is -2.16. The highest BCUT2D eigenvalue weighted by molar-refractivity contribution is 4.69. The molecular weight excluding hydrogens is 270 g/mol. The molecular formula is C6H11N5O8. The minimum atomic E-state index is -2.62. The molecule has 0 bridgehead atoms. The standard InChI is InChI=1S/C6H11N5O8/c1-5(8(12)13,9(14)15)3-7-4-6(2,10(16)17)11(18)19/h7H,3-4H2,1-2H3. The first kappa shape index (κ1) is 16.6. The monoisotopic (exact) mass is 281 g/mol. The van der Waals surface area contributed by atoms with Crippen molar-refractivity contribution in [2.75, 3.05) is 13.1 Å². The number of nitrogens with one attached hydrogen (secondary N) is 1. The van der Waals surface area contributed by atoms with Crippen molar-refractivity contribution >= 4 is 0 Å². The van der Waals surface area contributed by atoms with E-state index in [1.54, 1.807) is 0 Å². The van der Waals surface area contributed by atoms with Crippen molar-refractivity contribution in [3.05, 3.63) is 40.5 Å². The van der Waals surface area contributed by atoms with E-state index >= 15 is 0 Å².